The van der Waals surface area contributed by atoms with E-state index in [1.165, 1.54) is 23.1 Å². The van der Waals surface area contributed by atoms with Gasteiger partial charge in [0.1, 0.15) is 0 Å². The first kappa shape index (κ1) is 17.3. The molecule has 2 heterocycles. The van der Waals surface area contributed by atoms with Crippen molar-refractivity contribution >= 4 is 57.9 Å². The first-order valence-electron chi connectivity index (χ1n) is 6.83. The zero-order valence-corrected chi connectivity index (χ0v) is 15.5. The summed E-state index contributed by atoms with van der Waals surface area (Å²) < 4.78 is 5.57. The van der Waals surface area contributed by atoms with Gasteiger partial charge in [0.25, 0.3) is 11.1 Å². The van der Waals surface area contributed by atoms with Crippen LogP contribution in [0, 0.1) is 0 Å². The third-order valence-corrected chi connectivity index (χ3v) is 5.42. The number of nitrogens with one attached hydrogen (secondary N) is 1. The van der Waals surface area contributed by atoms with Crippen molar-refractivity contribution in [3.63, 3.8) is 0 Å². The van der Waals surface area contributed by atoms with Gasteiger partial charge in [-0.1, -0.05) is 47.1 Å². The summed E-state index contributed by atoms with van der Waals surface area (Å²) in [6, 6.07) is 8.82. The number of halogens is 2. The van der Waals surface area contributed by atoms with E-state index in [0.29, 0.717) is 26.8 Å². The van der Waals surface area contributed by atoms with Crippen LogP contribution in [0.4, 0.5) is 5.69 Å². The molecule has 124 valence electrons. The van der Waals surface area contributed by atoms with E-state index in [2.05, 4.69) is 15.5 Å². The zero-order valence-electron chi connectivity index (χ0n) is 12.3. The maximum absolute atomic E-state index is 12.3. The minimum Gasteiger partial charge on any atom is -0.410 e. The van der Waals surface area contributed by atoms with Crippen molar-refractivity contribution in [1.82, 2.24) is 10.2 Å². The number of carbonyl (C=O) groups is 1. The number of benzene rings is 1. The van der Waals surface area contributed by atoms with Gasteiger partial charge in [-0.2, -0.15) is 0 Å². The number of thioether (sulfide) groups is 1. The Morgan fingerprint density at radius 1 is 1.25 bits per heavy atom. The molecule has 9 heteroatoms. The van der Waals surface area contributed by atoms with Crippen molar-refractivity contribution in [3.8, 4) is 10.8 Å². The number of thiophene rings is 1. The monoisotopic (exact) mass is 399 g/mol. The molecule has 2 aromatic heterocycles. The van der Waals surface area contributed by atoms with Gasteiger partial charge < -0.3 is 9.73 Å². The normalized spacial score (nSPS) is 12.1. The highest BCUT2D eigenvalue weighted by molar-refractivity contribution is 8.00. The highest BCUT2D eigenvalue weighted by atomic mass is 35.5. The third-order valence-electron chi connectivity index (χ3n) is 3.00. The predicted octanol–water partition coefficient (Wildman–Crippen LogP) is 5.22. The Hall–Kier alpha value is -1.54. The average molecular weight is 400 g/mol. The van der Waals surface area contributed by atoms with Crippen LogP contribution in [0.3, 0.4) is 0 Å². The van der Waals surface area contributed by atoms with Gasteiger partial charge in [0.15, 0.2) is 0 Å². The fourth-order valence-corrected chi connectivity index (χ4v) is 3.62. The number of rotatable bonds is 5. The van der Waals surface area contributed by atoms with Crippen molar-refractivity contribution in [3.05, 3.63) is 45.8 Å². The number of hydrogen-bond acceptors (Lipinski definition) is 6. The zero-order chi connectivity index (χ0) is 17.1. The molecular weight excluding hydrogens is 389 g/mol. The molecule has 0 fully saturated rings. The average Bonchev–Trinajstić information content (AvgIpc) is 3.21. The molecule has 0 spiro atoms. The highest BCUT2D eigenvalue weighted by Crippen LogP contribution is 2.32. The number of aromatic nitrogens is 2. The summed E-state index contributed by atoms with van der Waals surface area (Å²) >= 11 is 14.8. The van der Waals surface area contributed by atoms with Gasteiger partial charge in [-0.05, 0) is 30.5 Å². The van der Waals surface area contributed by atoms with E-state index in [-0.39, 0.29) is 5.91 Å². The smallest absolute Gasteiger partial charge is 0.277 e. The molecule has 5 nitrogen and oxygen atoms in total. The number of hydrogen-bond donors (Lipinski definition) is 1. The lowest BCUT2D eigenvalue weighted by molar-refractivity contribution is -0.115. The SMILES string of the molecule is C[C@H](Sc1nnc(-c2cccs2)o1)C(=O)Nc1c(Cl)cccc1Cl. The van der Waals surface area contributed by atoms with Crippen molar-refractivity contribution in [2.45, 2.75) is 17.4 Å². The maximum Gasteiger partial charge on any atom is 0.277 e. The molecule has 0 aliphatic heterocycles. The number of amides is 1. The molecule has 0 radical (unpaired) electrons. The van der Waals surface area contributed by atoms with Crippen LogP contribution in [0.5, 0.6) is 0 Å². The van der Waals surface area contributed by atoms with E-state index in [0.717, 1.165) is 4.88 Å². The van der Waals surface area contributed by atoms with Crippen LogP contribution in [0.2, 0.25) is 10.0 Å². The summed E-state index contributed by atoms with van der Waals surface area (Å²) in [6.45, 7) is 1.74. The number of carbonyl (C=O) groups excluding carboxylic acids is 1. The molecule has 0 saturated heterocycles. The van der Waals surface area contributed by atoms with Crippen molar-refractivity contribution in [2.75, 3.05) is 5.32 Å². The Balaban J connectivity index is 1.66. The first-order valence-corrected chi connectivity index (χ1v) is 9.35. The molecule has 0 unspecified atom stereocenters. The largest absolute Gasteiger partial charge is 0.410 e. The molecule has 3 aromatic rings. The second-order valence-corrected chi connectivity index (χ2v) is 7.75. The fourth-order valence-electron chi connectivity index (χ4n) is 1.80. The summed E-state index contributed by atoms with van der Waals surface area (Å²) in [5.41, 5.74) is 0.392. The third kappa shape index (κ3) is 3.92. The second-order valence-electron chi connectivity index (χ2n) is 4.70. The molecule has 0 aliphatic carbocycles. The maximum atomic E-state index is 12.3. The highest BCUT2D eigenvalue weighted by Gasteiger charge is 2.20. The van der Waals surface area contributed by atoms with Gasteiger partial charge in [0.2, 0.25) is 5.91 Å². The van der Waals surface area contributed by atoms with Gasteiger partial charge >= 0.3 is 0 Å². The van der Waals surface area contributed by atoms with Crippen LogP contribution in [0.1, 0.15) is 6.92 Å². The summed E-state index contributed by atoms with van der Waals surface area (Å²) in [7, 11) is 0. The van der Waals surface area contributed by atoms with Crippen LogP contribution in [-0.4, -0.2) is 21.4 Å². The number of anilines is 1. The standard InChI is InChI=1S/C15H11Cl2N3O2S2/c1-8(13(21)18-12-9(16)4-2-5-10(12)17)24-15-20-19-14(22-15)11-6-3-7-23-11/h2-8H,1H3,(H,18,21)/t8-/m0/s1. The summed E-state index contributed by atoms with van der Waals surface area (Å²) in [5, 5.41) is 13.2. The van der Waals surface area contributed by atoms with Crippen LogP contribution in [0.25, 0.3) is 10.8 Å². The van der Waals surface area contributed by atoms with Gasteiger partial charge in [0.05, 0.1) is 25.9 Å². The summed E-state index contributed by atoms with van der Waals surface area (Å²) in [5.74, 6) is 0.181. The Labute approximate surface area is 156 Å². The second kappa shape index (κ2) is 7.57. The predicted molar refractivity (Wildman–Crippen MR) is 98.0 cm³/mol. The van der Waals surface area contributed by atoms with E-state index in [4.69, 9.17) is 27.6 Å². The minimum absolute atomic E-state index is 0.258. The van der Waals surface area contributed by atoms with Crippen molar-refractivity contribution < 1.29 is 9.21 Å². The molecular formula is C15H11Cl2N3O2S2. The van der Waals surface area contributed by atoms with Gasteiger partial charge in [-0.15, -0.1) is 21.5 Å². The molecule has 3 rings (SSSR count). The van der Waals surface area contributed by atoms with E-state index in [1.54, 1.807) is 25.1 Å². The first-order chi connectivity index (χ1) is 11.5. The van der Waals surface area contributed by atoms with Crippen LogP contribution in [-0.2, 0) is 4.79 Å². The lowest BCUT2D eigenvalue weighted by Gasteiger charge is -2.12. The molecule has 0 bridgehead atoms. The molecule has 24 heavy (non-hydrogen) atoms. The fraction of sp³-hybridized carbons (Fsp3) is 0.133. The molecule has 1 amide bonds. The molecule has 1 atom stereocenters. The van der Waals surface area contributed by atoms with E-state index in [9.17, 15) is 4.79 Å². The van der Waals surface area contributed by atoms with Crippen molar-refractivity contribution in [1.29, 1.82) is 0 Å². The Bertz CT molecular complexity index is 832. The van der Waals surface area contributed by atoms with E-state index < -0.39 is 5.25 Å². The van der Waals surface area contributed by atoms with Gasteiger partial charge in [-0.25, -0.2) is 0 Å². The Morgan fingerprint density at radius 3 is 2.67 bits per heavy atom. The van der Waals surface area contributed by atoms with Crippen LogP contribution < -0.4 is 5.32 Å². The molecule has 1 aromatic carbocycles. The van der Waals surface area contributed by atoms with E-state index >= 15 is 0 Å². The summed E-state index contributed by atoms with van der Waals surface area (Å²) in [4.78, 5) is 13.2. The number of para-hydroxylation sites is 1. The topological polar surface area (TPSA) is 68.0 Å². The lowest BCUT2D eigenvalue weighted by Crippen LogP contribution is -2.22. The molecule has 0 saturated carbocycles. The lowest BCUT2D eigenvalue weighted by atomic mass is 10.3. The molecule has 1 N–H and O–H groups in total. The van der Waals surface area contributed by atoms with Crippen LogP contribution >= 0.6 is 46.3 Å². The van der Waals surface area contributed by atoms with Gasteiger partial charge in [0, 0.05) is 0 Å². The summed E-state index contributed by atoms with van der Waals surface area (Å²) in [6.07, 6.45) is 0. The number of nitrogens with zero attached hydrogens (tertiary/aromatic N) is 2. The Morgan fingerprint density at radius 2 is 2.00 bits per heavy atom. The van der Waals surface area contributed by atoms with Gasteiger partial charge in [-0.3, -0.25) is 4.79 Å². The quantitative estimate of drug-likeness (QED) is 0.595. The molecule has 0 aliphatic rings. The minimum atomic E-state index is -0.464. The van der Waals surface area contributed by atoms with E-state index in [1.807, 2.05) is 17.5 Å². The van der Waals surface area contributed by atoms with Crippen LogP contribution in [0.15, 0.2) is 45.4 Å². The Kier molecular flexibility index (Phi) is 5.45. The van der Waals surface area contributed by atoms with Crippen molar-refractivity contribution in [2.24, 2.45) is 0 Å².